The van der Waals surface area contributed by atoms with Crippen molar-refractivity contribution in [1.82, 2.24) is 4.98 Å². The van der Waals surface area contributed by atoms with Crippen LogP contribution in [0.3, 0.4) is 0 Å². The number of nitrogens with zero attached hydrogens (tertiary/aromatic N) is 1. The number of Topliss-reactive ketones (excluding diaryl/α,β-unsaturated/α-hetero) is 1. The Kier molecular flexibility index (Phi) is 8.94. The second-order valence-corrected chi connectivity index (χ2v) is 11.1. The van der Waals surface area contributed by atoms with Gasteiger partial charge in [0.1, 0.15) is 0 Å². The number of benzene rings is 3. The fourth-order valence-electron chi connectivity index (χ4n) is 3.32. The molecule has 1 unspecified atom stereocenters. The molecule has 0 saturated carbocycles. The van der Waals surface area contributed by atoms with Gasteiger partial charge in [-0.15, -0.1) is 23.1 Å². The molecule has 4 aromatic rings. The van der Waals surface area contributed by atoms with E-state index in [9.17, 15) is 9.59 Å². The number of thiazole rings is 1. The third kappa shape index (κ3) is 7.39. The Labute approximate surface area is 233 Å². The van der Waals surface area contributed by atoms with Crippen molar-refractivity contribution in [3.63, 3.8) is 0 Å². The Bertz CT molecular complexity index is 1440. The van der Waals surface area contributed by atoms with E-state index in [1.807, 2.05) is 60.8 Å². The smallest absolute Gasteiger partial charge is 0.239 e. The van der Waals surface area contributed by atoms with Gasteiger partial charge < -0.3 is 16.0 Å². The van der Waals surface area contributed by atoms with Gasteiger partial charge in [0, 0.05) is 37.8 Å². The van der Waals surface area contributed by atoms with E-state index in [-0.39, 0.29) is 16.9 Å². The number of halogens is 1. The Morgan fingerprint density at radius 1 is 0.973 bits per heavy atom. The van der Waals surface area contributed by atoms with Crippen molar-refractivity contribution in [2.45, 2.75) is 24.0 Å². The van der Waals surface area contributed by atoms with Gasteiger partial charge in [0.15, 0.2) is 16.0 Å². The maximum Gasteiger partial charge on any atom is 0.239 e. The zero-order valence-corrected chi connectivity index (χ0v) is 23.2. The van der Waals surface area contributed by atoms with Crippen molar-refractivity contribution < 1.29 is 9.59 Å². The molecule has 3 N–H and O–H groups in total. The number of thiocarbonyl (C=S) groups is 1. The maximum atomic E-state index is 12.8. The second kappa shape index (κ2) is 12.3. The zero-order valence-electron chi connectivity index (χ0n) is 19.9. The molecule has 4 rings (SSSR count). The van der Waals surface area contributed by atoms with Crippen LogP contribution in [-0.4, -0.2) is 27.0 Å². The predicted octanol–water partition coefficient (Wildman–Crippen LogP) is 7.59. The topological polar surface area (TPSA) is 83.1 Å². The van der Waals surface area contributed by atoms with E-state index in [0.717, 1.165) is 27.5 Å². The van der Waals surface area contributed by atoms with Crippen LogP contribution in [0.1, 0.15) is 24.2 Å². The fourth-order valence-corrected chi connectivity index (χ4v) is 5.43. The van der Waals surface area contributed by atoms with Gasteiger partial charge in [0.2, 0.25) is 5.91 Å². The van der Waals surface area contributed by atoms with E-state index in [2.05, 4.69) is 20.9 Å². The number of hydrogen-bond donors (Lipinski definition) is 3. The van der Waals surface area contributed by atoms with Gasteiger partial charge in [0.25, 0.3) is 0 Å². The summed E-state index contributed by atoms with van der Waals surface area (Å²) in [4.78, 5) is 29.7. The van der Waals surface area contributed by atoms with E-state index in [1.54, 1.807) is 24.3 Å². The van der Waals surface area contributed by atoms with Crippen molar-refractivity contribution in [2.75, 3.05) is 16.0 Å². The standard InChI is InChI=1S/C27H23ClN4O2S3/c1-16(33)18-10-12-19(13-11-18)29-26(35)30-20-6-5-7-21(14-20)37-17(2)25(34)32-27-31-24(15-36-27)22-8-3-4-9-23(22)28/h3-15,17H,1-2H3,(H2,29,30,35)(H,31,32,34). The lowest BCUT2D eigenvalue weighted by molar-refractivity contribution is -0.115. The number of rotatable bonds is 8. The normalized spacial score (nSPS) is 11.4. The number of carbonyl (C=O) groups excluding carboxylic acids is 2. The molecular formula is C27H23ClN4O2S3. The van der Waals surface area contributed by atoms with Crippen molar-refractivity contribution in [3.8, 4) is 11.3 Å². The molecular weight excluding hydrogens is 544 g/mol. The molecule has 3 aromatic carbocycles. The average molecular weight is 567 g/mol. The predicted molar refractivity (Wildman–Crippen MR) is 159 cm³/mol. The molecule has 0 aliphatic carbocycles. The number of carbonyl (C=O) groups is 2. The van der Waals surface area contributed by atoms with Gasteiger partial charge in [-0.1, -0.05) is 35.9 Å². The molecule has 0 aliphatic rings. The summed E-state index contributed by atoms with van der Waals surface area (Å²) in [6.07, 6.45) is 0. The van der Waals surface area contributed by atoms with Crippen molar-refractivity contribution in [1.29, 1.82) is 0 Å². The molecule has 0 bridgehead atoms. The summed E-state index contributed by atoms with van der Waals surface area (Å²) in [5.74, 6) is -0.132. The number of aromatic nitrogens is 1. The average Bonchev–Trinajstić information content (AvgIpc) is 3.33. The maximum absolute atomic E-state index is 12.8. The number of amides is 1. The van der Waals surface area contributed by atoms with E-state index in [0.29, 0.717) is 20.8 Å². The molecule has 1 atom stereocenters. The summed E-state index contributed by atoms with van der Waals surface area (Å²) in [5.41, 5.74) is 3.76. The minimum atomic E-state index is -0.354. The molecule has 0 spiro atoms. The zero-order chi connectivity index (χ0) is 26.4. The van der Waals surface area contributed by atoms with Crippen molar-refractivity contribution in [2.24, 2.45) is 0 Å². The minimum Gasteiger partial charge on any atom is -0.332 e. The Hall–Kier alpha value is -3.24. The first kappa shape index (κ1) is 26.8. The highest BCUT2D eigenvalue weighted by Crippen LogP contribution is 2.31. The largest absolute Gasteiger partial charge is 0.332 e. The summed E-state index contributed by atoms with van der Waals surface area (Å²) in [6, 6.07) is 22.2. The lowest BCUT2D eigenvalue weighted by Gasteiger charge is -2.13. The van der Waals surface area contributed by atoms with Crippen LogP contribution in [0.4, 0.5) is 16.5 Å². The summed E-state index contributed by atoms with van der Waals surface area (Å²) in [6.45, 7) is 3.38. The summed E-state index contributed by atoms with van der Waals surface area (Å²) < 4.78 is 0. The first-order chi connectivity index (χ1) is 17.8. The monoisotopic (exact) mass is 566 g/mol. The molecule has 1 heterocycles. The molecule has 37 heavy (non-hydrogen) atoms. The number of hydrogen-bond acceptors (Lipinski definition) is 6. The molecule has 0 fully saturated rings. The van der Waals surface area contributed by atoms with Crippen LogP contribution in [0.2, 0.25) is 5.02 Å². The molecule has 188 valence electrons. The SMILES string of the molecule is CC(=O)c1ccc(NC(=S)Nc2cccc(SC(C)C(=O)Nc3nc(-c4ccccc4Cl)cs3)c2)cc1. The molecule has 1 amide bonds. The fraction of sp³-hybridized carbons (Fsp3) is 0.111. The first-order valence-electron chi connectivity index (χ1n) is 11.3. The van der Waals surface area contributed by atoms with E-state index < -0.39 is 0 Å². The second-order valence-electron chi connectivity index (χ2n) is 8.01. The van der Waals surface area contributed by atoms with Gasteiger partial charge in [-0.05, 0) is 74.6 Å². The van der Waals surface area contributed by atoms with Crippen LogP contribution in [-0.2, 0) is 4.79 Å². The lowest BCUT2D eigenvalue weighted by Crippen LogP contribution is -2.22. The lowest BCUT2D eigenvalue weighted by atomic mass is 10.1. The van der Waals surface area contributed by atoms with Gasteiger partial charge in [-0.2, -0.15) is 0 Å². The molecule has 0 radical (unpaired) electrons. The summed E-state index contributed by atoms with van der Waals surface area (Å²) >= 11 is 14.5. The number of nitrogens with one attached hydrogen (secondary N) is 3. The molecule has 6 nitrogen and oxygen atoms in total. The Morgan fingerprint density at radius 3 is 2.43 bits per heavy atom. The van der Waals surface area contributed by atoms with Gasteiger partial charge in [-0.25, -0.2) is 4.98 Å². The molecule has 1 aromatic heterocycles. The Balaban J connectivity index is 1.32. The van der Waals surface area contributed by atoms with E-state index >= 15 is 0 Å². The van der Waals surface area contributed by atoms with Crippen LogP contribution >= 0.6 is 46.9 Å². The molecule has 0 aliphatic heterocycles. The van der Waals surface area contributed by atoms with Crippen LogP contribution in [0, 0.1) is 0 Å². The van der Waals surface area contributed by atoms with Gasteiger partial charge in [0.05, 0.1) is 10.9 Å². The highest BCUT2D eigenvalue weighted by molar-refractivity contribution is 8.00. The number of anilines is 3. The minimum absolute atomic E-state index is 0.0120. The van der Waals surface area contributed by atoms with Crippen LogP contribution in [0.15, 0.2) is 83.1 Å². The third-order valence-electron chi connectivity index (χ3n) is 5.21. The van der Waals surface area contributed by atoms with Gasteiger partial charge >= 0.3 is 0 Å². The highest BCUT2D eigenvalue weighted by atomic mass is 35.5. The van der Waals surface area contributed by atoms with Crippen LogP contribution < -0.4 is 16.0 Å². The number of thioether (sulfide) groups is 1. The quantitative estimate of drug-likeness (QED) is 0.115. The third-order valence-corrected chi connectivity index (χ3v) is 7.59. The van der Waals surface area contributed by atoms with Crippen molar-refractivity contribution in [3.05, 3.63) is 88.8 Å². The highest BCUT2D eigenvalue weighted by Gasteiger charge is 2.17. The van der Waals surface area contributed by atoms with Gasteiger partial charge in [-0.3, -0.25) is 9.59 Å². The van der Waals surface area contributed by atoms with Crippen molar-refractivity contribution >= 4 is 80.2 Å². The molecule has 10 heteroatoms. The molecule has 0 saturated heterocycles. The first-order valence-corrected chi connectivity index (χ1v) is 13.8. The van der Waals surface area contributed by atoms with Crippen LogP contribution in [0.25, 0.3) is 11.3 Å². The summed E-state index contributed by atoms with van der Waals surface area (Å²) in [5, 5.41) is 12.2. The summed E-state index contributed by atoms with van der Waals surface area (Å²) in [7, 11) is 0. The Morgan fingerprint density at radius 2 is 1.70 bits per heavy atom. The number of ketones is 1. The van der Waals surface area contributed by atoms with Crippen LogP contribution in [0.5, 0.6) is 0 Å². The van der Waals surface area contributed by atoms with E-state index in [1.165, 1.54) is 30.0 Å². The van der Waals surface area contributed by atoms with E-state index in [4.69, 9.17) is 23.8 Å².